The van der Waals surface area contributed by atoms with Gasteiger partial charge in [0.05, 0.1) is 0 Å². The Kier molecular flexibility index (Phi) is 2.99. The average Bonchev–Trinajstić information content (AvgIpc) is 2.19. The Bertz CT molecular complexity index is 295. The molecule has 14 heavy (non-hydrogen) atoms. The van der Waals surface area contributed by atoms with E-state index in [1.54, 1.807) is 6.20 Å². The molecule has 1 saturated heterocycles. The minimum Gasteiger partial charge on any atom is -0.384 e. The topological polar surface area (TPSA) is 48.1 Å². The number of hydrogen-bond acceptors (Lipinski definition) is 3. The van der Waals surface area contributed by atoms with Crippen LogP contribution < -0.4 is 5.73 Å². The Labute approximate surface area is 84.3 Å². The highest BCUT2D eigenvalue weighted by molar-refractivity contribution is 5.31. The van der Waals surface area contributed by atoms with E-state index in [9.17, 15) is 0 Å². The summed E-state index contributed by atoms with van der Waals surface area (Å²) in [5.41, 5.74) is 6.92. The van der Waals surface area contributed by atoms with Crippen molar-refractivity contribution in [3.05, 3.63) is 23.9 Å². The van der Waals surface area contributed by atoms with Crippen LogP contribution in [0, 0.1) is 5.92 Å². The van der Waals surface area contributed by atoms with E-state index in [0.717, 1.165) is 25.6 Å². The summed E-state index contributed by atoms with van der Waals surface area (Å²) in [5.74, 6) is 1.38. The smallest absolute Gasteiger partial charge is 0.123 e. The number of pyridine rings is 1. The standard InChI is InChI=1S/C11H16N2O/c12-11-8-10(1-4-13-11)7-9-2-5-14-6-3-9/h1,4,8-9H,2-3,5-7H2,(H2,12,13). The van der Waals surface area contributed by atoms with Crippen molar-refractivity contribution in [2.45, 2.75) is 19.3 Å². The fourth-order valence-corrected chi connectivity index (χ4v) is 1.91. The van der Waals surface area contributed by atoms with Gasteiger partial charge in [0.2, 0.25) is 0 Å². The van der Waals surface area contributed by atoms with Gasteiger partial charge in [0.1, 0.15) is 5.82 Å². The summed E-state index contributed by atoms with van der Waals surface area (Å²) in [6.45, 7) is 1.82. The molecule has 1 fully saturated rings. The molecule has 0 atom stereocenters. The van der Waals surface area contributed by atoms with Crippen molar-refractivity contribution in [1.29, 1.82) is 0 Å². The van der Waals surface area contributed by atoms with Crippen LogP contribution in [0.4, 0.5) is 5.82 Å². The predicted molar refractivity (Wildman–Crippen MR) is 55.9 cm³/mol. The summed E-state index contributed by atoms with van der Waals surface area (Å²) in [6, 6.07) is 4.02. The molecule has 0 bridgehead atoms. The maximum absolute atomic E-state index is 5.63. The second-order valence-corrected chi connectivity index (χ2v) is 3.85. The predicted octanol–water partition coefficient (Wildman–Crippen LogP) is 1.63. The molecule has 0 aromatic carbocycles. The summed E-state index contributed by atoms with van der Waals surface area (Å²) < 4.78 is 5.32. The molecule has 1 aromatic rings. The van der Waals surface area contributed by atoms with E-state index < -0.39 is 0 Å². The number of ether oxygens (including phenoxy) is 1. The van der Waals surface area contributed by atoms with E-state index in [2.05, 4.69) is 4.98 Å². The molecule has 2 N–H and O–H groups in total. The maximum Gasteiger partial charge on any atom is 0.123 e. The quantitative estimate of drug-likeness (QED) is 0.774. The molecule has 3 heteroatoms. The molecule has 0 saturated carbocycles. The van der Waals surface area contributed by atoms with Crippen LogP contribution in [0.3, 0.4) is 0 Å². The normalized spacial score (nSPS) is 18.3. The average molecular weight is 192 g/mol. The van der Waals surface area contributed by atoms with Gasteiger partial charge in [0.25, 0.3) is 0 Å². The first-order valence-electron chi connectivity index (χ1n) is 5.13. The number of aromatic nitrogens is 1. The largest absolute Gasteiger partial charge is 0.384 e. The number of hydrogen-bond donors (Lipinski definition) is 1. The zero-order chi connectivity index (χ0) is 9.80. The van der Waals surface area contributed by atoms with Crippen molar-refractivity contribution in [2.75, 3.05) is 18.9 Å². The number of nitrogens with two attached hydrogens (primary N) is 1. The number of anilines is 1. The molecule has 2 heterocycles. The van der Waals surface area contributed by atoms with Gasteiger partial charge in [-0.15, -0.1) is 0 Å². The summed E-state index contributed by atoms with van der Waals surface area (Å²) >= 11 is 0. The molecule has 0 aliphatic carbocycles. The van der Waals surface area contributed by atoms with E-state index in [-0.39, 0.29) is 0 Å². The van der Waals surface area contributed by atoms with Crippen LogP contribution in [0.1, 0.15) is 18.4 Å². The first-order chi connectivity index (χ1) is 6.84. The van der Waals surface area contributed by atoms with Crippen LogP contribution in [0.25, 0.3) is 0 Å². The van der Waals surface area contributed by atoms with Crippen molar-refractivity contribution < 1.29 is 4.74 Å². The Balaban J connectivity index is 1.95. The zero-order valence-electron chi connectivity index (χ0n) is 8.28. The van der Waals surface area contributed by atoms with E-state index in [4.69, 9.17) is 10.5 Å². The molecule has 1 aliphatic rings. The highest BCUT2D eigenvalue weighted by Gasteiger charge is 2.14. The van der Waals surface area contributed by atoms with Gasteiger partial charge in [-0.3, -0.25) is 0 Å². The van der Waals surface area contributed by atoms with Crippen molar-refractivity contribution in [3.8, 4) is 0 Å². The zero-order valence-corrected chi connectivity index (χ0v) is 8.28. The second kappa shape index (κ2) is 4.42. The first kappa shape index (κ1) is 9.46. The molecule has 0 spiro atoms. The van der Waals surface area contributed by atoms with Gasteiger partial charge in [0.15, 0.2) is 0 Å². The van der Waals surface area contributed by atoms with Gasteiger partial charge in [-0.05, 0) is 42.9 Å². The van der Waals surface area contributed by atoms with Crippen LogP contribution in [-0.2, 0) is 11.2 Å². The third kappa shape index (κ3) is 2.45. The molecule has 1 aromatic heterocycles. The summed E-state index contributed by atoms with van der Waals surface area (Å²) in [4.78, 5) is 3.99. The SMILES string of the molecule is Nc1cc(CC2CCOCC2)ccn1. The Morgan fingerprint density at radius 2 is 2.21 bits per heavy atom. The van der Waals surface area contributed by atoms with E-state index in [0.29, 0.717) is 5.82 Å². The van der Waals surface area contributed by atoms with E-state index in [1.165, 1.54) is 18.4 Å². The molecule has 0 radical (unpaired) electrons. The van der Waals surface area contributed by atoms with Gasteiger partial charge in [-0.2, -0.15) is 0 Å². The molecule has 0 amide bonds. The number of nitrogens with zero attached hydrogens (tertiary/aromatic N) is 1. The van der Waals surface area contributed by atoms with Crippen molar-refractivity contribution >= 4 is 5.82 Å². The van der Waals surface area contributed by atoms with E-state index in [1.807, 2.05) is 12.1 Å². The van der Waals surface area contributed by atoms with E-state index >= 15 is 0 Å². The van der Waals surface area contributed by atoms with Crippen LogP contribution in [0.15, 0.2) is 18.3 Å². The molecular formula is C11H16N2O. The lowest BCUT2D eigenvalue weighted by atomic mass is 9.93. The minimum absolute atomic E-state index is 0.620. The fourth-order valence-electron chi connectivity index (χ4n) is 1.91. The summed E-state index contributed by atoms with van der Waals surface area (Å²) in [7, 11) is 0. The van der Waals surface area contributed by atoms with Gasteiger partial charge in [0, 0.05) is 19.4 Å². The highest BCUT2D eigenvalue weighted by Crippen LogP contribution is 2.20. The third-order valence-corrected chi connectivity index (χ3v) is 2.71. The number of rotatable bonds is 2. The van der Waals surface area contributed by atoms with Crippen molar-refractivity contribution in [3.63, 3.8) is 0 Å². The lowest BCUT2D eigenvalue weighted by Gasteiger charge is -2.21. The Morgan fingerprint density at radius 3 is 2.93 bits per heavy atom. The van der Waals surface area contributed by atoms with Crippen LogP contribution >= 0.6 is 0 Å². The lowest BCUT2D eigenvalue weighted by molar-refractivity contribution is 0.0665. The summed E-state index contributed by atoms with van der Waals surface area (Å²) in [6.07, 6.45) is 5.23. The maximum atomic E-state index is 5.63. The van der Waals surface area contributed by atoms with Crippen LogP contribution in [0.5, 0.6) is 0 Å². The third-order valence-electron chi connectivity index (χ3n) is 2.71. The van der Waals surface area contributed by atoms with Crippen LogP contribution in [0.2, 0.25) is 0 Å². The Morgan fingerprint density at radius 1 is 1.43 bits per heavy atom. The molecule has 1 aliphatic heterocycles. The van der Waals surface area contributed by atoms with Gasteiger partial charge in [-0.25, -0.2) is 4.98 Å². The minimum atomic E-state index is 0.620. The molecule has 2 rings (SSSR count). The lowest BCUT2D eigenvalue weighted by Crippen LogP contribution is -2.17. The highest BCUT2D eigenvalue weighted by atomic mass is 16.5. The van der Waals surface area contributed by atoms with Gasteiger partial charge >= 0.3 is 0 Å². The molecule has 76 valence electrons. The monoisotopic (exact) mass is 192 g/mol. The van der Waals surface area contributed by atoms with Gasteiger partial charge in [-0.1, -0.05) is 0 Å². The second-order valence-electron chi connectivity index (χ2n) is 3.85. The summed E-state index contributed by atoms with van der Waals surface area (Å²) in [5, 5.41) is 0. The Hall–Kier alpha value is -1.09. The molecular weight excluding hydrogens is 176 g/mol. The molecule has 0 unspecified atom stereocenters. The van der Waals surface area contributed by atoms with Crippen molar-refractivity contribution in [2.24, 2.45) is 5.92 Å². The number of nitrogen functional groups attached to an aromatic ring is 1. The molecule has 3 nitrogen and oxygen atoms in total. The van der Waals surface area contributed by atoms with Gasteiger partial charge < -0.3 is 10.5 Å². The fraction of sp³-hybridized carbons (Fsp3) is 0.545. The first-order valence-corrected chi connectivity index (χ1v) is 5.13. The van der Waals surface area contributed by atoms with Crippen molar-refractivity contribution in [1.82, 2.24) is 4.98 Å². The van der Waals surface area contributed by atoms with Crippen LogP contribution in [-0.4, -0.2) is 18.2 Å².